The van der Waals surface area contributed by atoms with Gasteiger partial charge in [-0.1, -0.05) is 0 Å². The van der Waals surface area contributed by atoms with Crippen molar-refractivity contribution in [3.8, 4) is 0 Å². The molecule has 1 aromatic heterocycles. The van der Waals surface area contributed by atoms with Gasteiger partial charge in [0, 0.05) is 18.1 Å². The summed E-state index contributed by atoms with van der Waals surface area (Å²) in [4.78, 5) is 22.5. The van der Waals surface area contributed by atoms with E-state index >= 15 is 0 Å². The number of amides is 1. The summed E-state index contributed by atoms with van der Waals surface area (Å²) in [5.41, 5.74) is -0.479. The maximum atomic E-state index is 12.1. The van der Waals surface area contributed by atoms with Crippen LogP contribution in [0, 0.1) is 0 Å². The third-order valence-electron chi connectivity index (χ3n) is 2.87. The number of carbonyl (C=O) groups excluding carboxylic acids is 1. The van der Waals surface area contributed by atoms with Crippen molar-refractivity contribution >= 4 is 23.3 Å². The quantitative estimate of drug-likeness (QED) is 0.911. The minimum atomic E-state index is -0.479. The number of thiazole rings is 1. The number of nitrogens with zero attached hydrogens (tertiary/aromatic N) is 3. The van der Waals surface area contributed by atoms with Crippen molar-refractivity contribution in [2.45, 2.75) is 39.3 Å². The Morgan fingerprint density at radius 1 is 1.52 bits per heavy atom. The van der Waals surface area contributed by atoms with E-state index in [1.165, 1.54) is 0 Å². The lowest BCUT2D eigenvalue weighted by Gasteiger charge is -2.30. The predicted octanol–water partition coefficient (Wildman–Crippen LogP) is 2.44. The van der Waals surface area contributed by atoms with E-state index in [-0.39, 0.29) is 12.1 Å². The fourth-order valence-corrected chi connectivity index (χ4v) is 2.60. The first kappa shape index (κ1) is 15.8. The van der Waals surface area contributed by atoms with Crippen LogP contribution in [0.2, 0.25) is 0 Å². The number of amidine groups is 1. The summed E-state index contributed by atoms with van der Waals surface area (Å²) in [5.74, 6) is 0.801. The van der Waals surface area contributed by atoms with Crippen molar-refractivity contribution in [3.05, 3.63) is 16.6 Å². The molecule has 0 radical (unpaired) electrons. The molecule has 1 aliphatic heterocycles. The highest BCUT2D eigenvalue weighted by Crippen LogP contribution is 2.16. The SMILES string of the molecule is CC(NC1=NCCN(C(=O)OC(C)(C)C)C1)c1nccs1. The second-order valence-corrected chi connectivity index (χ2v) is 6.89. The highest BCUT2D eigenvalue weighted by Gasteiger charge is 2.25. The summed E-state index contributed by atoms with van der Waals surface area (Å²) < 4.78 is 5.40. The molecule has 1 amide bonds. The van der Waals surface area contributed by atoms with Gasteiger partial charge in [-0.3, -0.25) is 9.89 Å². The number of hydrogen-bond donors (Lipinski definition) is 1. The molecule has 0 fully saturated rings. The Balaban J connectivity index is 1.91. The zero-order chi connectivity index (χ0) is 15.5. The normalized spacial score (nSPS) is 17.1. The van der Waals surface area contributed by atoms with Gasteiger partial charge in [-0.15, -0.1) is 11.3 Å². The van der Waals surface area contributed by atoms with Crippen molar-refractivity contribution in [2.75, 3.05) is 19.6 Å². The van der Waals surface area contributed by atoms with E-state index in [2.05, 4.69) is 15.3 Å². The summed E-state index contributed by atoms with van der Waals surface area (Å²) in [5, 5.41) is 6.27. The van der Waals surface area contributed by atoms with E-state index in [1.54, 1.807) is 22.4 Å². The topological polar surface area (TPSA) is 66.8 Å². The van der Waals surface area contributed by atoms with Gasteiger partial charge in [0.05, 0.1) is 19.1 Å². The molecule has 1 N–H and O–H groups in total. The van der Waals surface area contributed by atoms with Crippen LogP contribution < -0.4 is 5.32 Å². The van der Waals surface area contributed by atoms with Gasteiger partial charge in [0.1, 0.15) is 16.4 Å². The average Bonchev–Trinajstić information content (AvgIpc) is 2.91. The molecule has 21 heavy (non-hydrogen) atoms. The molecule has 116 valence electrons. The van der Waals surface area contributed by atoms with Crippen LogP contribution in [-0.4, -0.2) is 47.0 Å². The lowest BCUT2D eigenvalue weighted by atomic mass is 10.2. The molecule has 1 aliphatic rings. The summed E-state index contributed by atoms with van der Waals surface area (Å²) in [7, 11) is 0. The van der Waals surface area contributed by atoms with Crippen molar-refractivity contribution < 1.29 is 9.53 Å². The lowest BCUT2D eigenvalue weighted by molar-refractivity contribution is 0.0276. The third kappa shape index (κ3) is 4.70. The number of aliphatic imine (C=N–C) groups is 1. The Labute approximate surface area is 129 Å². The first-order valence-corrected chi connectivity index (χ1v) is 7.90. The number of rotatable bonds is 2. The largest absolute Gasteiger partial charge is 0.444 e. The van der Waals surface area contributed by atoms with Crippen LogP contribution in [-0.2, 0) is 4.74 Å². The zero-order valence-corrected chi connectivity index (χ0v) is 13.7. The van der Waals surface area contributed by atoms with Crippen LogP contribution >= 0.6 is 11.3 Å². The smallest absolute Gasteiger partial charge is 0.410 e. The van der Waals surface area contributed by atoms with Crippen molar-refractivity contribution in [1.29, 1.82) is 0 Å². The number of aromatic nitrogens is 1. The second kappa shape index (κ2) is 6.43. The van der Waals surface area contributed by atoms with Gasteiger partial charge >= 0.3 is 6.09 Å². The Morgan fingerprint density at radius 3 is 2.90 bits per heavy atom. The summed E-state index contributed by atoms with van der Waals surface area (Å²) in [6, 6.07) is 0.0855. The average molecular weight is 310 g/mol. The minimum Gasteiger partial charge on any atom is -0.444 e. The van der Waals surface area contributed by atoms with Crippen molar-refractivity contribution in [3.63, 3.8) is 0 Å². The van der Waals surface area contributed by atoms with E-state index < -0.39 is 5.60 Å². The Hall–Kier alpha value is -1.63. The monoisotopic (exact) mass is 310 g/mol. The number of ether oxygens (including phenoxy) is 1. The van der Waals surface area contributed by atoms with E-state index in [0.29, 0.717) is 19.6 Å². The van der Waals surface area contributed by atoms with Crippen LogP contribution in [0.25, 0.3) is 0 Å². The van der Waals surface area contributed by atoms with Crippen LogP contribution in [0.4, 0.5) is 4.79 Å². The molecule has 0 aromatic carbocycles. The summed E-state index contributed by atoms with van der Waals surface area (Å²) in [6.07, 6.45) is 1.49. The van der Waals surface area contributed by atoms with Gasteiger partial charge in [0.2, 0.25) is 0 Å². The first-order chi connectivity index (χ1) is 9.85. The Morgan fingerprint density at radius 2 is 2.29 bits per heavy atom. The molecule has 0 bridgehead atoms. The highest BCUT2D eigenvalue weighted by molar-refractivity contribution is 7.09. The molecule has 1 atom stereocenters. The molecule has 0 saturated carbocycles. The van der Waals surface area contributed by atoms with Gasteiger partial charge in [-0.25, -0.2) is 9.78 Å². The molecule has 0 aliphatic carbocycles. The van der Waals surface area contributed by atoms with Crippen molar-refractivity contribution in [1.82, 2.24) is 15.2 Å². The van der Waals surface area contributed by atoms with E-state index in [9.17, 15) is 4.79 Å². The highest BCUT2D eigenvalue weighted by atomic mass is 32.1. The predicted molar refractivity (Wildman–Crippen MR) is 83.8 cm³/mol. The van der Waals surface area contributed by atoms with Gasteiger partial charge in [-0.05, 0) is 27.7 Å². The molecule has 1 aromatic rings. The molecule has 1 unspecified atom stereocenters. The zero-order valence-electron chi connectivity index (χ0n) is 12.9. The second-order valence-electron chi connectivity index (χ2n) is 5.97. The summed E-state index contributed by atoms with van der Waals surface area (Å²) in [6.45, 7) is 9.27. The maximum Gasteiger partial charge on any atom is 0.410 e. The number of nitrogens with one attached hydrogen (secondary N) is 1. The number of hydrogen-bond acceptors (Lipinski definition) is 6. The third-order valence-corrected chi connectivity index (χ3v) is 3.83. The van der Waals surface area contributed by atoms with Crippen molar-refractivity contribution in [2.24, 2.45) is 4.99 Å². The standard InChI is InChI=1S/C14H22N4O2S/c1-10(12-16-6-8-21-12)17-11-9-18(7-5-15-11)13(19)20-14(2,3)4/h6,8,10H,5,7,9H2,1-4H3,(H,15,17). The molecule has 0 saturated heterocycles. The molecule has 7 heteroatoms. The van der Waals surface area contributed by atoms with Crippen LogP contribution in [0.15, 0.2) is 16.6 Å². The fourth-order valence-electron chi connectivity index (χ4n) is 1.95. The van der Waals surface area contributed by atoms with Crippen LogP contribution in [0.3, 0.4) is 0 Å². The molecule has 2 heterocycles. The van der Waals surface area contributed by atoms with E-state index in [1.807, 2.05) is 33.1 Å². The number of carbonyl (C=O) groups is 1. The maximum absolute atomic E-state index is 12.1. The molecule has 6 nitrogen and oxygen atoms in total. The summed E-state index contributed by atoms with van der Waals surface area (Å²) >= 11 is 1.60. The van der Waals surface area contributed by atoms with Gasteiger partial charge in [-0.2, -0.15) is 0 Å². The Kier molecular flexibility index (Phi) is 4.82. The molecule has 0 spiro atoms. The van der Waals surface area contributed by atoms with E-state index in [0.717, 1.165) is 10.8 Å². The molecule has 2 rings (SSSR count). The van der Waals surface area contributed by atoms with Gasteiger partial charge in [0.15, 0.2) is 0 Å². The fraction of sp³-hybridized carbons (Fsp3) is 0.643. The molecular formula is C14H22N4O2S. The van der Waals surface area contributed by atoms with Gasteiger partial charge < -0.3 is 10.1 Å². The Bertz CT molecular complexity index is 508. The minimum absolute atomic E-state index is 0.0855. The van der Waals surface area contributed by atoms with Crippen LogP contribution in [0.1, 0.15) is 38.7 Å². The van der Waals surface area contributed by atoms with E-state index in [4.69, 9.17) is 4.74 Å². The van der Waals surface area contributed by atoms with Crippen LogP contribution in [0.5, 0.6) is 0 Å². The molecular weight excluding hydrogens is 288 g/mol. The van der Waals surface area contributed by atoms with Gasteiger partial charge in [0.25, 0.3) is 0 Å². The lowest BCUT2D eigenvalue weighted by Crippen LogP contribution is -2.47. The first-order valence-electron chi connectivity index (χ1n) is 7.02.